The van der Waals surface area contributed by atoms with Crippen molar-refractivity contribution in [1.82, 2.24) is 5.32 Å². The largest absolute Gasteiger partial charge is 0.383 e. The number of hydrazone groups is 1. The number of unbranched alkanes of at least 4 members (excludes halogenated alkanes) is 1. The maximum Gasteiger partial charge on any atom is 0.248 e. The molecular weight excluding hydrogens is 374 g/mol. The van der Waals surface area contributed by atoms with Crippen LogP contribution < -0.4 is 10.3 Å². The summed E-state index contributed by atoms with van der Waals surface area (Å²) in [7, 11) is 1.64. The second-order valence-corrected chi connectivity index (χ2v) is 8.09. The second-order valence-electron chi connectivity index (χ2n) is 8.09. The fourth-order valence-electron chi connectivity index (χ4n) is 4.10. The van der Waals surface area contributed by atoms with Crippen molar-refractivity contribution < 1.29 is 9.53 Å². The number of nitrogens with one attached hydrogen (secondary N) is 1. The van der Waals surface area contributed by atoms with Crippen molar-refractivity contribution in [2.24, 2.45) is 11.0 Å². The molecule has 2 aromatic rings. The normalized spacial score (nSPS) is 20.9. The Balaban J connectivity index is 2.07. The van der Waals surface area contributed by atoms with Crippen LogP contribution in [0.15, 0.2) is 59.7 Å². The van der Waals surface area contributed by atoms with Crippen molar-refractivity contribution in [3.8, 4) is 0 Å². The van der Waals surface area contributed by atoms with Gasteiger partial charge in [-0.05, 0) is 38.0 Å². The highest BCUT2D eigenvalue weighted by molar-refractivity contribution is 6.10. The van der Waals surface area contributed by atoms with E-state index in [1.807, 2.05) is 42.3 Å². The van der Waals surface area contributed by atoms with Crippen molar-refractivity contribution in [3.05, 3.63) is 65.7 Å². The van der Waals surface area contributed by atoms with Gasteiger partial charge in [0.2, 0.25) is 5.91 Å². The molecule has 1 aliphatic rings. The highest BCUT2D eigenvalue weighted by atomic mass is 16.5. The molecule has 0 radical (unpaired) electrons. The molecule has 1 aliphatic heterocycles. The molecule has 0 bridgehead atoms. The van der Waals surface area contributed by atoms with Crippen LogP contribution in [0, 0.1) is 12.8 Å². The molecule has 160 valence electrons. The molecule has 0 fully saturated rings. The molecule has 1 N–H and O–H groups in total. The van der Waals surface area contributed by atoms with Crippen molar-refractivity contribution in [1.29, 1.82) is 0 Å². The Morgan fingerprint density at radius 3 is 2.50 bits per heavy atom. The van der Waals surface area contributed by atoms with E-state index >= 15 is 0 Å². The smallest absolute Gasteiger partial charge is 0.248 e. The Hall–Kier alpha value is -2.66. The zero-order valence-corrected chi connectivity index (χ0v) is 18.5. The van der Waals surface area contributed by atoms with Gasteiger partial charge in [0.05, 0.1) is 18.0 Å². The molecule has 0 spiro atoms. The van der Waals surface area contributed by atoms with Gasteiger partial charge in [-0.2, -0.15) is 5.10 Å². The number of rotatable bonds is 9. The summed E-state index contributed by atoms with van der Waals surface area (Å²) in [6.45, 7) is 7.25. The molecule has 0 saturated heterocycles. The first-order chi connectivity index (χ1) is 14.5. The van der Waals surface area contributed by atoms with Crippen molar-refractivity contribution in [2.45, 2.75) is 45.6 Å². The number of aryl methyl sites for hydroxylation is 1. The van der Waals surface area contributed by atoms with E-state index < -0.39 is 5.54 Å². The monoisotopic (exact) mass is 407 g/mol. The van der Waals surface area contributed by atoms with Crippen molar-refractivity contribution >= 4 is 17.3 Å². The molecular formula is C25H33N3O2. The first-order valence-electron chi connectivity index (χ1n) is 10.8. The number of anilines is 1. The zero-order valence-electron chi connectivity index (χ0n) is 18.5. The third-order valence-electron chi connectivity index (χ3n) is 5.90. The third-order valence-corrected chi connectivity index (χ3v) is 5.90. The van der Waals surface area contributed by atoms with Gasteiger partial charge in [0.25, 0.3) is 0 Å². The van der Waals surface area contributed by atoms with Gasteiger partial charge >= 0.3 is 0 Å². The topological polar surface area (TPSA) is 53.9 Å². The maximum atomic E-state index is 13.5. The minimum Gasteiger partial charge on any atom is -0.383 e. The number of para-hydroxylation sites is 1. The van der Waals surface area contributed by atoms with E-state index in [4.69, 9.17) is 9.84 Å². The lowest BCUT2D eigenvalue weighted by atomic mass is 9.77. The summed E-state index contributed by atoms with van der Waals surface area (Å²) < 4.78 is 5.14. The Bertz CT molecular complexity index is 864. The predicted molar refractivity (Wildman–Crippen MR) is 123 cm³/mol. The molecule has 0 saturated carbocycles. The molecule has 2 aromatic carbocycles. The third kappa shape index (κ3) is 4.41. The summed E-state index contributed by atoms with van der Waals surface area (Å²) in [4.78, 5) is 13.5. The first-order valence-corrected chi connectivity index (χ1v) is 10.8. The predicted octanol–water partition coefficient (Wildman–Crippen LogP) is 4.55. The van der Waals surface area contributed by atoms with Crippen LogP contribution in [0.5, 0.6) is 0 Å². The average molecular weight is 408 g/mol. The van der Waals surface area contributed by atoms with Gasteiger partial charge in [0.1, 0.15) is 5.54 Å². The average Bonchev–Trinajstić information content (AvgIpc) is 3.07. The van der Waals surface area contributed by atoms with E-state index in [1.165, 1.54) is 5.56 Å². The van der Waals surface area contributed by atoms with E-state index in [9.17, 15) is 4.79 Å². The summed E-state index contributed by atoms with van der Waals surface area (Å²) in [5.41, 5.74) is 3.38. The Kier molecular flexibility index (Phi) is 7.27. The second kappa shape index (κ2) is 9.90. The highest BCUT2D eigenvalue weighted by Crippen LogP contribution is 2.41. The van der Waals surface area contributed by atoms with Gasteiger partial charge in [-0.15, -0.1) is 0 Å². The maximum absolute atomic E-state index is 13.5. The van der Waals surface area contributed by atoms with Crippen LogP contribution in [0.4, 0.5) is 5.69 Å². The number of benzene rings is 2. The Morgan fingerprint density at radius 1 is 1.17 bits per heavy atom. The molecule has 0 aromatic heterocycles. The number of carbonyl (C=O) groups is 1. The molecule has 2 atom stereocenters. The number of ether oxygens (including phenoxy) is 1. The van der Waals surface area contributed by atoms with Crippen LogP contribution >= 0.6 is 0 Å². The minimum absolute atomic E-state index is 0.0112. The van der Waals surface area contributed by atoms with Crippen LogP contribution in [0.1, 0.15) is 44.2 Å². The van der Waals surface area contributed by atoms with Crippen LogP contribution in [-0.4, -0.2) is 37.4 Å². The minimum atomic E-state index is -0.815. The van der Waals surface area contributed by atoms with Gasteiger partial charge in [-0.25, -0.2) is 5.01 Å². The molecule has 1 heterocycles. The van der Waals surface area contributed by atoms with Crippen molar-refractivity contribution in [2.75, 3.05) is 25.3 Å². The number of hydrogen-bond donors (Lipinski definition) is 1. The molecule has 0 aliphatic carbocycles. The number of hydrogen-bond acceptors (Lipinski definition) is 4. The summed E-state index contributed by atoms with van der Waals surface area (Å²) in [6.07, 6.45) is 3.02. The summed E-state index contributed by atoms with van der Waals surface area (Å²) in [6, 6.07) is 18.4. The lowest BCUT2D eigenvalue weighted by Crippen LogP contribution is -2.58. The SMILES string of the molecule is CCCCC1C(c2ccc(C)cc2)=NN(c2ccccc2)C1(C)C(=O)NCCOC. The molecule has 2 unspecified atom stereocenters. The number of carbonyl (C=O) groups excluding carboxylic acids is 1. The lowest BCUT2D eigenvalue weighted by Gasteiger charge is -2.37. The molecule has 1 amide bonds. The van der Waals surface area contributed by atoms with Crippen LogP contribution in [-0.2, 0) is 9.53 Å². The first kappa shape index (κ1) is 22.0. The van der Waals surface area contributed by atoms with Gasteiger partial charge in [-0.1, -0.05) is 67.8 Å². The van der Waals surface area contributed by atoms with Gasteiger partial charge in [0.15, 0.2) is 0 Å². The van der Waals surface area contributed by atoms with E-state index in [0.29, 0.717) is 13.2 Å². The van der Waals surface area contributed by atoms with E-state index in [2.05, 4.69) is 43.4 Å². The fraction of sp³-hybridized carbons (Fsp3) is 0.440. The van der Waals surface area contributed by atoms with Gasteiger partial charge < -0.3 is 10.1 Å². The summed E-state index contributed by atoms with van der Waals surface area (Å²) in [5.74, 6) is -0.0294. The van der Waals surface area contributed by atoms with E-state index in [0.717, 1.165) is 36.2 Å². The molecule has 5 heteroatoms. The summed E-state index contributed by atoms with van der Waals surface area (Å²) >= 11 is 0. The quantitative estimate of drug-likeness (QED) is 0.621. The van der Waals surface area contributed by atoms with Crippen molar-refractivity contribution in [3.63, 3.8) is 0 Å². The molecule has 30 heavy (non-hydrogen) atoms. The van der Waals surface area contributed by atoms with Gasteiger partial charge in [-0.3, -0.25) is 4.79 Å². The standard InChI is InChI=1S/C25H33N3O2/c1-5-6-12-22-23(20-15-13-19(2)14-16-20)27-28(21-10-8-7-9-11-21)25(22,3)24(29)26-17-18-30-4/h7-11,13-16,22H,5-6,12,17-18H2,1-4H3,(H,26,29). The lowest BCUT2D eigenvalue weighted by molar-refractivity contribution is -0.127. The number of nitrogens with zero attached hydrogens (tertiary/aromatic N) is 2. The fourth-order valence-corrected chi connectivity index (χ4v) is 4.10. The number of methoxy groups -OCH3 is 1. The highest BCUT2D eigenvalue weighted by Gasteiger charge is 2.53. The Morgan fingerprint density at radius 2 is 1.87 bits per heavy atom. The van der Waals surface area contributed by atoms with Crippen LogP contribution in [0.3, 0.4) is 0 Å². The number of amides is 1. The van der Waals surface area contributed by atoms with Crippen LogP contribution in [0.2, 0.25) is 0 Å². The summed E-state index contributed by atoms with van der Waals surface area (Å²) in [5, 5.41) is 10.0. The molecule has 5 nitrogen and oxygen atoms in total. The van der Waals surface area contributed by atoms with E-state index in [1.54, 1.807) is 7.11 Å². The van der Waals surface area contributed by atoms with Crippen LogP contribution in [0.25, 0.3) is 0 Å². The van der Waals surface area contributed by atoms with E-state index in [-0.39, 0.29) is 11.8 Å². The zero-order chi connectivity index (χ0) is 21.6. The van der Waals surface area contributed by atoms with Gasteiger partial charge in [0, 0.05) is 19.6 Å². The Labute approximate surface area is 180 Å². The molecule has 3 rings (SSSR count).